The molecule has 0 N–H and O–H groups in total. The Hall–Kier alpha value is -1.36. The number of hydrogen-bond donors (Lipinski definition) is 0. The Labute approximate surface area is 133 Å². The molecule has 0 saturated heterocycles. The Morgan fingerprint density at radius 3 is 2.18 bits per heavy atom. The lowest BCUT2D eigenvalue weighted by molar-refractivity contribution is 0.0599. The van der Waals surface area contributed by atoms with Crippen molar-refractivity contribution in [1.29, 1.82) is 0 Å². The summed E-state index contributed by atoms with van der Waals surface area (Å²) in [6.45, 7) is 6.07. The highest BCUT2D eigenvalue weighted by molar-refractivity contribution is 7.90. The van der Waals surface area contributed by atoms with Crippen LogP contribution in [0.3, 0.4) is 0 Å². The zero-order valence-electron chi connectivity index (χ0n) is 14.1. The van der Waals surface area contributed by atoms with Gasteiger partial charge in [0.15, 0.2) is 9.84 Å². The Kier molecular flexibility index (Phi) is 6.60. The van der Waals surface area contributed by atoms with Gasteiger partial charge in [0.1, 0.15) is 0 Å². The number of methoxy groups -OCH3 is 1. The molecular formula is C17H26O4S. The SMILES string of the molecule is CCCc1c(C(=O)OC)ccc(C(CC)CC)c1S(C)(=O)=O. The van der Waals surface area contributed by atoms with E-state index in [1.54, 1.807) is 12.1 Å². The molecule has 1 aromatic rings. The van der Waals surface area contributed by atoms with E-state index in [9.17, 15) is 13.2 Å². The summed E-state index contributed by atoms with van der Waals surface area (Å²) in [5.41, 5.74) is 1.78. The summed E-state index contributed by atoms with van der Waals surface area (Å²) in [4.78, 5) is 12.3. The van der Waals surface area contributed by atoms with Crippen LogP contribution in [0.4, 0.5) is 0 Å². The second kappa shape index (κ2) is 7.77. The molecule has 22 heavy (non-hydrogen) atoms. The summed E-state index contributed by atoms with van der Waals surface area (Å²) < 4.78 is 29.6. The highest BCUT2D eigenvalue weighted by atomic mass is 32.2. The van der Waals surface area contributed by atoms with Crippen molar-refractivity contribution in [3.8, 4) is 0 Å². The third-order valence-electron chi connectivity index (χ3n) is 3.99. The molecular weight excluding hydrogens is 300 g/mol. The molecule has 4 nitrogen and oxygen atoms in total. The zero-order chi connectivity index (χ0) is 16.9. The minimum absolute atomic E-state index is 0.173. The number of rotatable bonds is 7. The Morgan fingerprint density at radius 1 is 1.18 bits per heavy atom. The fourth-order valence-electron chi connectivity index (χ4n) is 2.93. The molecule has 0 aromatic heterocycles. The quantitative estimate of drug-likeness (QED) is 0.716. The molecule has 0 fully saturated rings. The largest absolute Gasteiger partial charge is 0.465 e. The monoisotopic (exact) mass is 326 g/mol. The predicted octanol–water partition coefficient (Wildman–Crippen LogP) is 3.73. The summed E-state index contributed by atoms with van der Waals surface area (Å²) in [7, 11) is -2.11. The van der Waals surface area contributed by atoms with E-state index in [-0.39, 0.29) is 5.92 Å². The molecule has 0 amide bonds. The van der Waals surface area contributed by atoms with Crippen LogP contribution >= 0.6 is 0 Å². The minimum Gasteiger partial charge on any atom is -0.465 e. The van der Waals surface area contributed by atoms with Crippen molar-refractivity contribution >= 4 is 15.8 Å². The highest BCUT2D eigenvalue weighted by Crippen LogP contribution is 2.34. The van der Waals surface area contributed by atoms with E-state index in [4.69, 9.17) is 4.74 Å². The standard InChI is InChI=1S/C17H26O4S/c1-6-9-14-15(17(18)21-4)11-10-13(12(7-2)8-3)16(14)22(5,19)20/h10-12H,6-9H2,1-5H3. The maximum atomic E-state index is 12.4. The summed E-state index contributed by atoms with van der Waals surface area (Å²) in [5.74, 6) is -0.309. The average molecular weight is 326 g/mol. The van der Waals surface area contributed by atoms with E-state index < -0.39 is 15.8 Å². The second-order valence-electron chi connectivity index (χ2n) is 5.54. The minimum atomic E-state index is -3.42. The lowest BCUT2D eigenvalue weighted by atomic mass is 9.89. The second-order valence-corrected chi connectivity index (χ2v) is 7.49. The third kappa shape index (κ3) is 3.88. The molecule has 124 valence electrons. The lowest BCUT2D eigenvalue weighted by Crippen LogP contribution is -2.15. The summed E-state index contributed by atoms with van der Waals surface area (Å²) in [6, 6.07) is 3.48. The van der Waals surface area contributed by atoms with Crippen LogP contribution in [0.5, 0.6) is 0 Å². The molecule has 0 atom stereocenters. The van der Waals surface area contributed by atoms with Gasteiger partial charge in [0.05, 0.1) is 17.6 Å². The van der Waals surface area contributed by atoms with Gasteiger partial charge in [-0.05, 0) is 42.4 Å². The first-order valence-corrected chi connectivity index (χ1v) is 9.64. The molecule has 0 heterocycles. The van der Waals surface area contributed by atoms with Gasteiger partial charge in [-0.3, -0.25) is 0 Å². The Balaban J connectivity index is 3.76. The van der Waals surface area contributed by atoms with Crippen molar-refractivity contribution in [1.82, 2.24) is 0 Å². The summed E-state index contributed by atoms with van der Waals surface area (Å²) in [5, 5.41) is 0. The summed E-state index contributed by atoms with van der Waals surface area (Å²) in [6.07, 6.45) is 4.25. The first kappa shape index (κ1) is 18.7. The Morgan fingerprint density at radius 2 is 1.77 bits per heavy atom. The molecule has 0 spiro atoms. The fourth-order valence-corrected chi connectivity index (χ4v) is 4.26. The van der Waals surface area contributed by atoms with Crippen LogP contribution in [-0.4, -0.2) is 27.8 Å². The molecule has 0 aliphatic heterocycles. The maximum Gasteiger partial charge on any atom is 0.338 e. The summed E-state index contributed by atoms with van der Waals surface area (Å²) >= 11 is 0. The van der Waals surface area contributed by atoms with Crippen LogP contribution < -0.4 is 0 Å². The van der Waals surface area contributed by atoms with Crippen LogP contribution in [0, 0.1) is 0 Å². The van der Waals surface area contributed by atoms with Gasteiger partial charge in [-0.25, -0.2) is 13.2 Å². The van der Waals surface area contributed by atoms with Crippen LogP contribution in [-0.2, 0) is 21.0 Å². The fraction of sp³-hybridized carbons (Fsp3) is 0.588. The van der Waals surface area contributed by atoms with Crippen molar-refractivity contribution < 1.29 is 17.9 Å². The van der Waals surface area contributed by atoms with Crippen molar-refractivity contribution in [2.75, 3.05) is 13.4 Å². The van der Waals surface area contributed by atoms with Gasteiger partial charge in [0.2, 0.25) is 0 Å². The van der Waals surface area contributed by atoms with E-state index in [0.717, 1.165) is 24.8 Å². The van der Waals surface area contributed by atoms with Crippen LogP contribution in [0.25, 0.3) is 0 Å². The van der Waals surface area contributed by atoms with Gasteiger partial charge in [-0.1, -0.05) is 33.3 Å². The zero-order valence-corrected chi connectivity index (χ0v) is 14.9. The molecule has 0 radical (unpaired) electrons. The number of benzene rings is 1. The predicted molar refractivity (Wildman–Crippen MR) is 88.2 cm³/mol. The van der Waals surface area contributed by atoms with Gasteiger partial charge in [-0.2, -0.15) is 0 Å². The average Bonchev–Trinajstić information content (AvgIpc) is 2.47. The molecule has 0 aliphatic rings. The van der Waals surface area contributed by atoms with Crippen molar-refractivity contribution in [3.63, 3.8) is 0 Å². The van der Waals surface area contributed by atoms with Crippen molar-refractivity contribution in [2.45, 2.75) is 57.3 Å². The Bertz CT molecular complexity index is 628. The van der Waals surface area contributed by atoms with E-state index in [1.165, 1.54) is 13.4 Å². The van der Waals surface area contributed by atoms with E-state index in [0.29, 0.717) is 22.4 Å². The van der Waals surface area contributed by atoms with Gasteiger partial charge in [-0.15, -0.1) is 0 Å². The first-order chi connectivity index (χ1) is 10.3. The topological polar surface area (TPSA) is 60.4 Å². The van der Waals surface area contributed by atoms with Crippen LogP contribution in [0.1, 0.15) is 67.4 Å². The molecule has 1 rings (SSSR count). The molecule has 0 saturated carbocycles. The lowest BCUT2D eigenvalue weighted by Gasteiger charge is -2.21. The van der Waals surface area contributed by atoms with Crippen LogP contribution in [0.15, 0.2) is 17.0 Å². The molecule has 5 heteroatoms. The van der Waals surface area contributed by atoms with E-state index in [1.807, 2.05) is 20.8 Å². The first-order valence-electron chi connectivity index (χ1n) is 7.75. The molecule has 1 aromatic carbocycles. The number of esters is 1. The van der Waals surface area contributed by atoms with Gasteiger partial charge in [0, 0.05) is 6.26 Å². The number of carbonyl (C=O) groups is 1. The third-order valence-corrected chi connectivity index (χ3v) is 5.22. The maximum absolute atomic E-state index is 12.4. The number of carbonyl (C=O) groups excluding carboxylic acids is 1. The normalized spacial score (nSPS) is 11.7. The van der Waals surface area contributed by atoms with Gasteiger partial charge in [0.25, 0.3) is 0 Å². The van der Waals surface area contributed by atoms with Gasteiger partial charge >= 0.3 is 5.97 Å². The van der Waals surface area contributed by atoms with Crippen molar-refractivity contribution in [2.24, 2.45) is 0 Å². The number of sulfone groups is 1. The number of ether oxygens (including phenoxy) is 1. The molecule has 0 bridgehead atoms. The smallest absolute Gasteiger partial charge is 0.338 e. The number of hydrogen-bond acceptors (Lipinski definition) is 4. The molecule has 0 aliphatic carbocycles. The van der Waals surface area contributed by atoms with Crippen molar-refractivity contribution in [3.05, 3.63) is 28.8 Å². The molecule has 0 unspecified atom stereocenters. The van der Waals surface area contributed by atoms with Gasteiger partial charge < -0.3 is 4.74 Å². The van der Waals surface area contributed by atoms with E-state index >= 15 is 0 Å². The van der Waals surface area contributed by atoms with Crippen LogP contribution in [0.2, 0.25) is 0 Å². The highest BCUT2D eigenvalue weighted by Gasteiger charge is 2.26. The van der Waals surface area contributed by atoms with E-state index in [2.05, 4.69) is 0 Å².